The van der Waals surface area contributed by atoms with Crippen LogP contribution in [0.1, 0.15) is 16.8 Å². The van der Waals surface area contributed by atoms with Crippen molar-refractivity contribution >= 4 is 28.9 Å². The van der Waals surface area contributed by atoms with Crippen LogP contribution < -0.4 is 16.4 Å². The van der Waals surface area contributed by atoms with Gasteiger partial charge < -0.3 is 16.4 Å². The fraction of sp³-hybridized carbons (Fsp3) is 0.364. The minimum atomic E-state index is 0.261. The molecule has 0 unspecified atom stereocenters. The number of nitrogens with one attached hydrogen (secondary N) is 2. The maximum absolute atomic E-state index is 5.65. The SMILES string of the molecule is CCNc1cc(NCc2cnc(C)s2)nc(N)n1. The zero-order chi connectivity index (χ0) is 13.0. The fourth-order valence-electron chi connectivity index (χ4n) is 1.49. The quantitative estimate of drug-likeness (QED) is 0.764. The Hall–Kier alpha value is -1.89. The summed E-state index contributed by atoms with van der Waals surface area (Å²) in [7, 11) is 0. The van der Waals surface area contributed by atoms with Gasteiger partial charge in [-0.05, 0) is 13.8 Å². The lowest BCUT2D eigenvalue weighted by Crippen LogP contribution is -2.07. The van der Waals surface area contributed by atoms with Gasteiger partial charge in [0.1, 0.15) is 11.6 Å². The van der Waals surface area contributed by atoms with E-state index in [1.54, 1.807) is 11.3 Å². The second-order valence-electron chi connectivity index (χ2n) is 3.73. The van der Waals surface area contributed by atoms with E-state index in [0.717, 1.165) is 22.2 Å². The average Bonchev–Trinajstić information content (AvgIpc) is 2.72. The van der Waals surface area contributed by atoms with Crippen molar-refractivity contribution in [2.75, 3.05) is 22.9 Å². The molecule has 18 heavy (non-hydrogen) atoms. The van der Waals surface area contributed by atoms with Crippen molar-refractivity contribution in [1.82, 2.24) is 15.0 Å². The monoisotopic (exact) mass is 264 g/mol. The third-order valence-corrected chi connectivity index (χ3v) is 3.13. The number of anilines is 3. The van der Waals surface area contributed by atoms with E-state index in [0.29, 0.717) is 12.4 Å². The van der Waals surface area contributed by atoms with Gasteiger partial charge in [-0.3, -0.25) is 0 Å². The smallest absolute Gasteiger partial charge is 0.223 e. The van der Waals surface area contributed by atoms with Crippen molar-refractivity contribution in [2.45, 2.75) is 20.4 Å². The summed E-state index contributed by atoms with van der Waals surface area (Å²) in [6.07, 6.45) is 1.86. The Balaban J connectivity index is 2.04. The van der Waals surface area contributed by atoms with Crippen LogP contribution in [0.2, 0.25) is 0 Å². The Labute approximate surface area is 110 Å². The molecule has 0 amide bonds. The summed E-state index contributed by atoms with van der Waals surface area (Å²) in [5.74, 6) is 1.70. The largest absolute Gasteiger partial charge is 0.370 e. The van der Waals surface area contributed by atoms with E-state index in [2.05, 4.69) is 25.6 Å². The molecule has 0 spiro atoms. The van der Waals surface area contributed by atoms with Gasteiger partial charge in [0.05, 0.1) is 11.6 Å². The highest BCUT2D eigenvalue weighted by Crippen LogP contribution is 2.16. The van der Waals surface area contributed by atoms with Crippen LogP contribution in [0.4, 0.5) is 17.6 Å². The highest BCUT2D eigenvalue weighted by atomic mass is 32.1. The first kappa shape index (κ1) is 12.6. The summed E-state index contributed by atoms with van der Waals surface area (Å²) < 4.78 is 0. The summed E-state index contributed by atoms with van der Waals surface area (Å²) in [5.41, 5.74) is 5.65. The number of hydrogen-bond acceptors (Lipinski definition) is 7. The molecular formula is C11H16N6S. The number of nitrogens with zero attached hydrogens (tertiary/aromatic N) is 3. The molecule has 2 aromatic heterocycles. The van der Waals surface area contributed by atoms with Gasteiger partial charge in [-0.25, -0.2) is 4.98 Å². The molecule has 0 aliphatic rings. The van der Waals surface area contributed by atoms with Crippen molar-refractivity contribution in [3.8, 4) is 0 Å². The van der Waals surface area contributed by atoms with Gasteiger partial charge in [0, 0.05) is 23.7 Å². The zero-order valence-corrected chi connectivity index (χ0v) is 11.2. The summed E-state index contributed by atoms with van der Waals surface area (Å²) in [5, 5.41) is 7.38. The molecule has 0 bridgehead atoms. The fourth-order valence-corrected chi connectivity index (χ4v) is 2.23. The number of thiazole rings is 1. The molecule has 2 aromatic rings. The summed E-state index contributed by atoms with van der Waals surface area (Å²) in [6.45, 7) is 5.48. The summed E-state index contributed by atoms with van der Waals surface area (Å²) >= 11 is 1.66. The molecule has 2 rings (SSSR count). The van der Waals surface area contributed by atoms with E-state index in [9.17, 15) is 0 Å². The number of nitrogens with two attached hydrogens (primary N) is 1. The molecule has 0 saturated heterocycles. The molecule has 0 aliphatic carbocycles. The van der Waals surface area contributed by atoms with Gasteiger partial charge in [0.2, 0.25) is 5.95 Å². The highest BCUT2D eigenvalue weighted by molar-refractivity contribution is 7.11. The lowest BCUT2D eigenvalue weighted by atomic mass is 10.4. The van der Waals surface area contributed by atoms with Gasteiger partial charge in [0.15, 0.2) is 0 Å². The molecule has 0 atom stereocenters. The average molecular weight is 264 g/mol. The minimum Gasteiger partial charge on any atom is -0.370 e. The maximum atomic E-state index is 5.65. The van der Waals surface area contributed by atoms with Crippen molar-refractivity contribution < 1.29 is 0 Å². The molecule has 6 nitrogen and oxygen atoms in total. The molecule has 0 aliphatic heterocycles. The zero-order valence-electron chi connectivity index (χ0n) is 10.4. The number of aromatic nitrogens is 3. The summed E-state index contributed by atoms with van der Waals surface area (Å²) in [6, 6.07) is 1.84. The molecule has 0 fully saturated rings. The van der Waals surface area contributed by atoms with Gasteiger partial charge in [-0.1, -0.05) is 0 Å². The van der Waals surface area contributed by atoms with E-state index in [1.807, 2.05) is 26.1 Å². The van der Waals surface area contributed by atoms with Gasteiger partial charge in [-0.15, -0.1) is 11.3 Å². The minimum absolute atomic E-state index is 0.261. The van der Waals surface area contributed by atoms with Crippen LogP contribution in [0.5, 0.6) is 0 Å². The first-order valence-electron chi connectivity index (χ1n) is 5.71. The Kier molecular flexibility index (Phi) is 3.93. The molecule has 0 aromatic carbocycles. The van der Waals surface area contributed by atoms with E-state index in [1.165, 1.54) is 0 Å². The van der Waals surface area contributed by atoms with Crippen molar-refractivity contribution in [3.63, 3.8) is 0 Å². The van der Waals surface area contributed by atoms with Gasteiger partial charge in [0.25, 0.3) is 0 Å². The molecule has 96 valence electrons. The maximum Gasteiger partial charge on any atom is 0.223 e. The standard InChI is InChI=1S/C11H16N6S/c1-3-13-9-4-10(17-11(12)16-9)15-6-8-5-14-7(2)18-8/h4-5H,3,6H2,1-2H3,(H4,12,13,15,16,17). The third kappa shape index (κ3) is 3.30. The second-order valence-corrected chi connectivity index (χ2v) is 5.05. The van der Waals surface area contributed by atoms with Crippen LogP contribution >= 0.6 is 11.3 Å². The van der Waals surface area contributed by atoms with E-state index < -0.39 is 0 Å². The van der Waals surface area contributed by atoms with Crippen LogP contribution in [0.3, 0.4) is 0 Å². The van der Waals surface area contributed by atoms with Crippen molar-refractivity contribution in [2.24, 2.45) is 0 Å². The van der Waals surface area contributed by atoms with Crippen LogP contribution in [0.15, 0.2) is 12.3 Å². The molecule has 7 heteroatoms. The van der Waals surface area contributed by atoms with Crippen LogP contribution in [0, 0.1) is 6.92 Å². The predicted octanol–water partition coefficient (Wildman–Crippen LogP) is 1.87. The van der Waals surface area contributed by atoms with Gasteiger partial charge >= 0.3 is 0 Å². The Morgan fingerprint density at radius 3 is 2.61 bits per heavy atom. The lowest BCUT2D eigenvalue weighted by Gasteiger charge is -2.07. The normalized spacial score (nSPS) is 10.3. The highest BCUT2D eigenvalue weighted by Gasteiger charge is 2.03. The number of rotatable bonds is 5. The molecule has 0 radical (unpaired) electrons. The number of nitrogen functional groups attached to an aromatic ring is 1. The Morgan fingerprint density at radius 1 is 1.28 bits per heavy atom. The first-order chi connectivity index (χ1) is 8.67. The Bertz CT molecular complexity index is 524. The first-order valence-corrected chi connectivity index (χ1v) is 6.52. The van der Waals surface area contributed by atoms with E-state index >= 15 is 0 Å². The Morgan fingerprint density at radius 2 is 2.00 bits per heavy atom. The number of hydrogen-bond donors (Lipinski definition) is 3. The third-order valence-electron chi connectivity index (χ3n) is 2.21. The van der Waals surface area contributed by atoms with Crippen LogP contribution in [-0.2, 0) is 6.54 Å². The predicted molar refractivity (Wildman–Crippen MR) is 74.8 cm³/mol. The van der Waals surface area contributed by atoms with Gasteiger partial charge in [-0.2, -0.15) is 9.97 Å². The molecule has 4 N–H and O–H groups in total. The number of aryl methyl sites for hydroxylation is 1. The van der Waals surface area contributed by atoms with E-state index in [-0.39, 0.29) is 5.95 Å². The summed E-state index contributed by atoms with van der Waals surface area (Å²) in [4.78, 5) is 13.6. The van der Waals surface area contributed by atoms with Crippen molar-refractivity contribution in [1.29, 1.82) is 0 Å². The topological polar surface area (TPSA) is 88.8 Å². The lowest BCUT2D eigenvalue weighted by molar-refractivity contribution is 1.08. The molecular weight excluding hydrogens is 248 g/mol. The van der Waals surface area contributed by atoms with Crippen LogP contribution in [-0.4, -0.2) is 21.5 Å². The van der Waals surface area contributed by atoms with Crippen molar-refractivity contribution in [3.05, 3.63) is 22.1 Å². The second kappa shape index (κ2) is 5.63. The van der Waals surface area contributed by atoms with E-state index in [4.69, 9.17) is 5.73 Å². The van der Waals surface area contributed by atoms with Crippen LogP contribution in [0.25, 0.3) is 0 Å². The molecule has 2 heterocycles. The molecule has 0 saturated carbocycles.